The standard InChI is InChI=1S/C68H57I6O12S/c69-48-22-57(81-61(75)84-64-25-34-13-35(26-64)15-36(14-34)27-64)51(72)19-54(48)78-41-1-7-44(8-2-41)87(46-11-5-43(6-12-46)80-56-21-53(74)59(24-50(56)71)83-63(77)86-68-31-40-18-39-30-66(68,33-68)60(39)40)45-9-3-42(4-10-45)79-55-20-52(73)58(23-49(55)70)82-62(76)85-67-28-37-16-38-29-65(67,32-67)47(38)17-37/h1-12,19-24,34-40,47,60H,13-18,25-33H2/q+1. The molecule has 448 valence electrons. The lowest BCUT2D eigenvalue weighted by atomic mass is 9.48. The molecule has 12 aliphatic rings. The molecule has 11 atom stereocenters. The van der Waals surface area contributed by atoms with E-state index in [1.807, 2.05) is 72.8 Å². The Balaban J connectivity index is 0.590. The molecule has 2 spiro atoms. The number of carbonyl (C=O) groups is 3. The van der Waals surface area contributed by atoms with E-state index in [-0.39, 0.29) is 27.6 Å². The molecule has 11 unspecified atom stereocenters. The van der Waals surface area contributed by atoms with Crippen LogP contribution < -0.4 is 28.4 Å². The SMILES string of the molecule is O=C(Oc1cc(I)c(Oc2ccc([S+](c3ccc(Oc4cc(I)c(OC(=O)OC56CC7CC8CC5(C6)C8C7)cc4I)cc3)c3ccc(Oc4cc(I)c(OC(=O)OC56CC7CC8CC5(C6)C78)cc4I)cc3)cc2)cc1I)OC12CC3CC(CC(C3)C1)C2. The molecule has 87 heavy (non-hydrogen) atoms. The third-order valence-corrected chi connectivity index (χ3v) is 29.5. The minimum absolute atomic E-state index is 0.203. The van der Waals surface area contributed by atoms with E-state index in [9.17, 15) is 14.4 Å². The van der Waals surface area contributed by atoms with Crippen molar-refractivity contribution in [3.63, 3.8) is 0 Å². The van der Waals surface area contributed by atoms with Crippen LogP contribution in [-0.4, -0.2) is 35.3 Å². The third-order valence-electron chi connectivity index (χ3n) is 22.2. The number of rotatable bonds is 15. The van der Waals surface area contributed by atoms with Crippen molar-refractivity contribution in [1.29, 1.82) is 0 Å². The zero-order chi connectivity index (χ0) is 59.1. The van der Waals surface area contributed by atoms with Crippen molar-refractivity contribution in [3.8, 4) is 51.7 Å². The second-order valence-electron chi connectivity index (χ2n) is 27.1. The van der Waals surface area contributed by atoms with E-state index in [0.717, 1.165) is 105 Å². The fraction of sp³-hybridized carbons (Fsp3) is 0.426. The van der Waals surface area contributed by atoms with Crippen LogP contribution in [0.25, 0.3) is 0 Å². The summed E-state index contributed by atoms with van der Waals surface area (Å²) in [7, 11) is -0.598. The van der Waals surface area contributed by atoms with E-state index in [1.54, 1.807) is 0 Å². The molecule has 0 radical (unpaired) electrons. The van der Waals surface area contributed by atoms with E-state index >= 15 is 0 Å². The number of halogens is 6. The highest BCUT2D eigenvalue weighted by Gasteiger charge is 2.88. The van der Waals surface area contributed by atoms with E-state index in [1.165, 1.54) is 51.4 Å². The molecule has 0 N–H and O–H groups in total. The van der Waals surface area contributed by atoms with Crippen LogP contribution in [0.3, 0.4) is 0 Å². The number of carbonyl (C=O) groups excluding carboxylic acids is 3. The molecule has 12 saturated carbocycles. The van der Waals surface area contributed by atoms with Gasteiger partial charge in [0.25, 0.3) is 0 Å². The molecule has 18 rings (SSSR count). The van der Waals surface area contributed by atoms with Crippen molar-refractivity contribution in [3.05, 3.63) is 131 Å². The molecule has 0 saturated heterocycles. The largest absolute Gasteiger partial charge is 0.514 e. The van der Waals surface area contributed by atoms with Crippen LogP contribution >= 0.6 is 136 Å². The van der Waals surface area contributed by atoms with Gasteiger partial charge in [0.15, 0.2) is 14.7 Å². The molecule has 6 bridgehead atoms. The molecule has 0 aliphatic heterocycles. The lowest BCUT2D eigenvalue weighted by Crippen LogP contribution is -2.53. The summed E-state index contributed by atoms with van der Waals surface area (Å²) in [6.07, 6.45) is 15.0. The first-order valence-electron chi connectivity index (χ1n) is 30.2. The average molecular weight is 1860 g/mol. The lowest BCUT2D eigenvalue weighted by molar-refractivity contribution is -0.135. The van der Waals surface area contributed by atoms with E-state index in [4.69, 9.17) is 42.6 Å². The lowest BCUT2D eigenvalue weighted by Gasteiger charge is -2.55. The summed E-state index contributed by atoms with van der Waals surface area (Å²) in [6.45, 7) is 0. The van der Waals surface area contributed by atoms with Gasteiger partial charge in [-0.25, -0.2) is 14.4 Å². The minimum Gasteiger partial charge on any atom is -0.456 e. The first-order chi connectivity index (χ1) is 41.9. The predicted octanol–water partition coefficient (Wildman–Crippen LogP) is 20.1. The smallest absolute Gasteiger partial charge is 0.456 e. The summed E-state index contributed by atoms with van der Waals surface area (Å²) in [5, 5.41) is 0. The van der Waals surface area contributed by atoms with Crippen LogP contribution in [0.4, 0.5) is 14.4 Å². The summed E-state index contributed by atoms with van der Waals surface area (Å²) in [6, 6.07) is 35.7. The highest BCUT2D eigenvalue weighted by molar-refractivity contribution is 14.1. The Morgan fingerprint density at radius 3 is 1.18 bits per heavy atom. The van der Waals surface area contributed by atoms with Gasteiger partial charge in [0.05, 0.1) is 32.3 Å². The van der Waals surface area contributed by atoms with Gasteiger partial charge in [0.1, 0.15) is 68.5 Å². The maximum Gasteiger partial charge on any atom is 0.514 e. The normalized spacial score (nSPS) is 34.1. The topological polar surface area (TPSA) is 134 Å². The zero-order valence-electron chi connectivity index (χ0n) is 46.8. The fourth-order valence-corrected chi connectivity index (χ4v) is 24.6. The molecule has 6 aromatic carbocycles. The number of fused-ring (bicyclic) bond motifs is 1. The maximum atomic E-state index is 13.4. The van der Waals surface area contributed by atoms with Crippen molar-refractivity contribution in [2.75, 3.05) is 0 Å². The maximum absolute atomic E-state index is 13.4. The van der Waals surface area contributed by atoms with E-state index in [0.29, 0.717) is 81.3 Å². The summed E-state index contributed by atoms with van der Waals surface area (Å²) in [5.74, 6) is 11.8. The van der Waals surface area contributed by atoms with Crippen LogP contribution in [0.1, 0.15) is 96.3 Å². The van der Waals surface area contributed by atoms with Gasteiger partial charge in [-0.3, -0.25) is 0 Å². The Labute approximate surface area is 588 Å². The van der Waals surface area contributed by atoms with Gasteiger partial charge in [0, 0.05) is 10.8 Å². The molecule has 0 amide bonds. The predicted molar refractivity (Wildman–Crippen MR) is 372 cm³/mol. The average Bonchev–Trinajstić information content (AvgIpc) is 1.46. The molecule has 0 aromatic heterocycles. The quantitative estimate of drug-likeness (QED) is 0.0318. The molecule has 19 heteroatoms. The molecule has 12 aliphatic carbocycles. The van der Waals surface area contributed by atoms with Crippen LogP contribution in [0.5, 0.6) is 51.7 Å². The van der Waals surface area contributed by atoms with E-state index < -0.39 is 29.4 Å². The first-order valence-corrected chi connectivity index (χ1v) is 37.9. The van der Waals surface area contributed by atoms with Crippen molar-refractivity contribution < 1.29 is 57.0 Å². The Bertz CT molecular complexity index is 3750. The second kappa shape index (κ2) is 21.4. The zero-order valence-corrected chi connectivity index (χ0v) is 60.5. The summed E-state index contributed by atoms with van der Waals surface area (Å²) >= 11 is 13.3. The molecule has 12 nitrogen and oxygen atoms in total. The van der Waals surface area contributed by atoms with Crippen LogP contribution in [0.2, 0.25) is 0 Å². The van der Waals surface area contributed by atoms with Crippen LogP contribution in [0, 0.1) is 85.5 Å². The van der Waals surface area contributed by atoms with Gasteiger partial charge in [-0.1, -0.05) is 0 Å². The van der Waals surface area contributed by atoms with Gasteiger partial charge in [-0.15, -0.1) is 0 Å². The minimum atomic E-state index is -0.624. The molecular weight excluding hydrogens is 1800 g/mol. The van der Waals surface area contributed by atoms with Crippen molar-refractivity contribution >= 4 is 165 Å². The van der Waals surface area contributed by atoms with Crippen molar-refractivity contribution in [2.45, 2.75) is 128 Å². The number of hydrogen-bond acceptors (Lipinski definition) is 12. The van der Waals surface area contributed by atoms with Gasteiger partial charge in [0.2, 0.25) is 0 Å². The summed E-state index contributed by atoms with van der Waals surface area (Å²) in [4.78, 5) is 43.1. The van der Waals surface area contributed by atoms with Crippen LogP contribution in [0.15, 0.2) is 124 Å². The monoisotopic (exact) mass is 1860 g/mol. The summed E-state index contributed by atoms with van der Waals surface area (Å²) in [5.41, 5.74) is -0.606. The Morgan fingerprint density at radius 1 is 0.379 bits per heavy atom. The number of ether oxygens (including phenoxy) is 9. The third kappa shape index (κ3) is 9.93. The molecule has 12 fully saturated rings. The first kappa shape index (κ1) is 58.1. The Hall–Kier alpha value is -2.74. The second-order valence-corrected chi connectivity index (χ2v) is 36.1. The Kier molecular flexibility index (Phi) is 14.3. The number of benzene rings is 6. The molecule has 6 aromatic rings. The van der Waals surface area contributed by atoms with Gasteiger partial charge >= 0.3 is 18.5 Å². The number of hydrogen-bond donors (Lipinski definition) is 0. The highest BCUT2D eigenvalue weighted by Crippen LogP contribution is 2.88. The fourth-order valence-electron chi connectivity index (χ4n) is 19.2. The van der Waals surface area contributed by atoms with Crippen LogP contribution in [-0.2, 0) is 25.1 Å². The van der Waals surface area contributed by atoms with Crippen molar-refractivity contribution in [1.82, 2.24) is 0 Å². The highest BCUT2D eigenvalue weighted by atomic mass is 127. The molecular formula is C68H57I6O12S+. The van der Waals surface area contributed by atoms with Gasteiger partial charge in [-0.05, 0) is 394 Å². The van der Waals surface area contributed by atoms with Crippen molar-refractivity contribution in [2.24, 2.45) is 64.1 Å². The van der Waals surface area contributed by atoms with E-state index in [2.05, 4.69) is 172 Å². The van der Waals surface area contributed by atoms with Gasteiger partial charge < -0.3 is 42.6 Å². The van der Waals surface area contributed by atoms with Gasteiger partial charge in [-0.2, -0.15) is 0 Å². The summed E-state index contributed by atoms with van der Waals surface area (Å²) < 4.78 is 60.4. The molecule has 0 heterocycles. The Morgan fingerprint density at radius 2 is 0.747 bits per heavy atom.